The van der Waals surface area contributed by atoms with Gasteiger partial charge in [-0.15, -0.1) is 0 Å². The highest BCUT2D eigenvalue weighted by atomic mass is 19.4. The van der Waals surface area contributed by atoms with Crippen LogP contribution in [-0.2, 0) is 6.18 Å². The first-order valence-corrected chi connectivity index (χ1v) is 9.26. The van der Waals surface area contributed by atoms with E-state index in [2.05, 4.69) is 10.6 Å². The maximum Gasteiger partial charge on any atom is 0.416 e. The minimum absolute atomic E-state index is 0.0432. The highest BCUT2D eigenvalue weighted by Gasteiger charge is 2.45. The fourth-order valence-electron chi connectivity index (χ4n) is 3.96. The average Bonchev–Trinajstić information content (AvgIpc) is 3.41. The molecule has 1 aliphatic carbocycles. The third-order valence-corrected chi connectivity index (χ3v) is 5.40. The summed E-state index contributed by atoms with van der Waals surface area (Å²) in [5, 5.41) is 6.88. The zero-order valence-electron chi connectivity index (χ0n) is 14.5. The Bertz CT molecular complexity index is 752. The van der Waals surface area contributed by atoms with Gasteiger partial charge in [-0.25, -0.2) is 0 Å². The number of alkyl halides is 3. The second-order valence-corrected chi connectivity index (χ2v) is 7.32. The van der Waals surface area contributed by atoms with E-state index in [1.54, 1.807) is 6.07 Å². The number of piperidine rings is 1. The summed E-state index contributed by atoms with van der Waals surface area (Å²) >= 11 is 0. The second-order valence-electron chi connectivity index (χ2n) is 7.32. The fraction of sp³-hybridized carbons (Fsp3) is 0.429. The first-order valence-electron chi connectivity index (χ1n) is 9.26. The van der Waals surface area contributed by atoms with Crippen molar-refractivity contribution in [2.75, 3.05) is 13.1 Å². The number of rotatable bonds is 4. The molecule has 3 atom stereocenters. The standard InChI is InChI=1S/C21H23F3N2/c22-21(23,24)19-11-15(14-5-2-1-3-6-14)8-9-17(19)18-12-20(18)26-16-7-4-10-25-13-16/h1-3,5-6,8-9,11,16,18,20,25-26H,4,7,10,12-13H2. The monoisotopic (exact) mass is 360 g/mol. The Hall–Kier alpha value is -1.85. The van der Waals surface area contributed by atoms with Gasteiger partial charge >= 0.3 is 6.18 Å². The molecule has 5 heteroatoms. The molecule has 2 aromatic carbocycles. The molecule has 2 aliphatic rings. The number of hydrogen-bond donors (Lipinski definition) is 2. The summed E-state index contributed by atoms with van der Waals surface area (Å²) in [6, 6.07) is 14.6. The van der Waals surface area contributed by atoms with Gasteiger partial charge in [-0.05, 0) is 48.6 Å². The van der Waals surface area contributed by atoms with Gasteiger partial charge in [-0.2, -0.15) is 13.2 Å². The largest absolute Gasteiger partial charge is 0.416 e. The molecule has 2 aromatic rings. The third kappa shape index (κ3) is 3.79. The molecule has 1 saturated heterocycles. The third-order valence-electron chi connectivity index (χ3n) is 5.40. The van der Waals surface area contributed by atoms with Gasteiger partial charge in [-0.1, -0.05) is 42.5 Å². The molecule has 0 amide bonds. The van der Waals surface area contributed by atoms with Crippen LogP contribution in [0.4, 0.5) is 13.2 Å². The van der Waals surface area contributed by atoms with E-state index >= 15 is 0 Å². The van der Waals surface area contributed by atoms with E-state index in [0.29, 0.717) is 17.2 Å². The minimum atomic E-state index is -4.33. The number of benzene rings is 2. The molecule has 4 rings (SSSR count). The summed E-state index contributed by atoms with van der Waals surface area (Å²) < 4.78 is 41.1. The van der Waals surface area contributed by atoms with Crippen molar-refractivity contribution in [2.45, 2.75) is 43.4 Å². The van der Waals surface area contributed by atoms with Crippen LogP contribution in [0.3, 0.4) is 0 Å². The second kappa shape index (κ2) is 7.05. The zero-order valence-corrected chi connectivity index (χ0v) is 14.5. The van der Waals surface area contributed by atoms with Crippen molar-refractivity contribution in [3.63, 3.8) is 0 Å². The van der Waals surface area contributed by atoms with E-state index in [4.69, 9.17) is 0 Å². The normalized spacial score (nSPS) is 25.9. The van der Waals surface area contributed by atoms with Gasteiger partial charge < -0.3 is 10.6 Å². The summed E-state index contributed by atoms with van der Waals surface area (Å²) in [5.41, 5.74) is 1.36. The molecule has 0 aromatic heterocycles. The summed E-state index contributed by atoms with van der Waals surface area (Å²) in [4.78, 5) is 0. The lowest BCUT2D eigenvalue weighted by atomic mass is 9.96. The first kappa shape index (κ1) is 17.6. The molecule has 3 unspecified atom stereocenters. The molecule has 1 saturated carbocycles. The number of hydrogen-bond acceptors (Lipinski definition) is 2. The van der Waals surface area contributed by atoms with Crippen LogP contribution in [-0.4, -0.2) is 25.2 Å². The predicted molar refractivity (Wildman–Crippen MR) is 97.1 cm³/mol. The first-order chi connectivity index (χ1) is 12.5. The minimum Gasteiger partial charge on any atom is -0.315 e. The van der Waals surface area contributed by atoms with E-state index in [1.165, 1.54) is 6.07 Å². The predicted octanol–water partition coefficient (Wildman–Crippen LogP) is 4.57. The lowest BCUT2D eigenvalue weighted by Crippen LogP contribution is -2.44. The molecule has 26 heavy (non-hydrogen) atoms. The Balaban J connectivity index is 1.56. The highest BCUT2D eigenvalue weighted by molar-refractivity contribution is 5.65. The van der Waals surface area contributed by atoms with E-state index < -0.39 is 11.7 Å². The molecule has 2 N–H and O–H groups in total. The lowest BCUT2D eigenvalue weighted by Gasteiger charge is -2.24. The van der Waals surface area contributed by atoms with Gasteiger partial charge in [0, 0.05) is 24.5 Å². The van der Waals surface area contributed by atoms with Crippen LogP contribution in [0.15, 0.2) is 48.5 Å². The summed E-state index contributed by atoms with van der Waals surface area (Å²) in [5.74, 6) is -0.0432. The Morgan fingerprint density at radius 1 is 1.00 bits per heavy atom. The fourth-order valence-corrected chi connectivity index (χ4v) is 3.96. The van der Waals surface area contributed by atoms with Gasteiger partial charge in [0.15, 0.2) is 0 Å². The smallest absolute Gasteiger partial charge is 0.315 e. The Labute approximate surface area is 151 Å². The molecule has 2 nitrogen and oxygen atoms in total. The number of halogens is 3. The van der Waals surface area contributed by atoms with Crippen molar-refractivity contribution in [1.82, 2.24) is 10.6 Å². The van der Waals surface area contributed by atoms with Crippen molar-refractivity contribution in [2.24, 2.45) is 0 Å². The summed E-state index contributed by atoms with van der Waals surface area (Å²) in [6.07, 6.45) is -1.34. The van der Waals surface area contributed by atoms with Crippen LogP contribution in [0.1, 0.15) is 36.3 Å². The van der Waals surface area contributed by atoms with Crippen LogP contribution in [0.5, 0.6) is 0 Å². The van der Waals surface area contributed by atoms with E-state index in [0.717, 1.165) is 37.9 Å². The molecule has 2 fully saturated rings. The molecule has 0 spiro atoms. The van der Waals surface area contributed by atoms with Gasteiger partial charge in [0.05, 0.1) is 5.56 Å². The highest BCUT2D eigenvalue weighted by Crippen LogP contribution is 2.47. The molecule has 0 radical (unpaired) electrons. The Morgan fingerprint density at radius 3 is 2.50 bits per heavy atom. The van der Waals surface area contributed by atoms with Gasteiger partial charge in [0.25, 0.3) is 0 Å². The quantitative estimate of drug-likeness (QED) is 0.835. The molecule has 1 heterocycles. The summed E-state index contributed by atoms with van der Waals surface area (Å²) in [7, 11) is 0. The molecular weight excluding hydrogens is 337 g/mol. The maximum absolute atomic E-state index is 13.7. The van der Waals surface area contributed by atoms with Crippen molar-refractivity contribution >= 4 is 0 Å². The van der Waals surface area contributed by atoms with E-state index in [9.17, 15) is 13.2 Å². The van der Waals surface area contributed by atoms with Crippen molar-refractivity contribution < 1.29 is 13.2 Å². The van der Waals surface area contributed by atoms with Crippen LogP contribution < -0.4 is 10.6 Å². The zero-order chi connectivity index (χ0) is 18.1. The SMILES string of the molecule is FC(F)(F)c1cc(-c2ccccc2)ccc1C1CC1NC1CCCNC1. The van der Waals surface area contributed by atoms with Crippen LogP contribution in [0.2, 0.25) is 0 Å². The Kier molecular flexibility index (Phi) is 4.76. The van der Waals surface area contributed by atoms with Crippen molar-refractivity contribution in [3.05, 3.63) is 59.7 Å². The van der Waals surface area contributed by atoms with Crippen LogP contribution in [0.25, 0.3) is 11.1 Å². The van der Waals surface area contributed by atoms with Gasteiger partial charge in [-0.3, -0.25) is 0 Å². The van der Waals surface area contributed by atoms with E-state index in [1.807, 2.05) is 36.4 Å². The molecular formula is C21H23F3N2. The number of nitrogens with one attached hydrogen (secondary N) is 2. The van der Waals surface area contributed by atoms with Crippen LogP contribution in [0, 0.1) is 0 Å². The van der Waals surface area contributed by atoms with Gasteiger partial charge in [0.1, 0.15) is 0 Å². The Morgan fingerprint density at radius 2 is 1.81 bits per heavy atom. The maximum atomic E-state index is 13.7. The average molecular weight is 360 g/mol. The topological polar surface area (TPSA) is 24.1 Å². The van der Waals surface area contributed by atoms with Gasteiger partial charge in [0.2, 0.25) is 0 Å². The summed E-state index contributed by atoms with van der Waals surface area (Å²) in [6.45, 7) is 1.94. The van der Waals surface area contributed by atoms with Crippen LogP contribution >= 0.6 is 0 Å². The van der Waals surface area contributed by atoms with Crippen molar-refractivity contribution in [1.29, 1.82) is 0 Å². The lowest BCUT2D eigenvalue weighted by molar-refractivity contribution is -0.138. The molecule has 138 valence electrons. The van der Waals surface area contributed by atoms with E-state index in [-0.39, 0.29) is 12.0 Å². The molecule has 0 bridgehead atoms. The van der Waals surface area contributed by atoms with Crippen molar-refractivity contribution in [3.8, 4) is 11.1 Å². The molecule has 1 aliphatic heterocycles.